The average molecular weight is 362 g/mol. The molecule has 2 aromatic carbocycles. The maximum Gasteiger partial charge on any atom is 0.255 e. The number of anilines is 2. The van der Waals surface area contributed by atoms with Gasteiger partial charge in [-0.05, 0) is 62.7 Å². The molecule has 0 aliphatic rings. The zero-order chi connectivity index (χ0) is 18.6. The van der Waals surface area contributed by atoms with Crippen molar-refractivity contribution in [3.05, 3.63) is 53.6 Å². The fourth-order valence-corrected chi connectivity index (χ4v) is 2.81. The van der Waals surface area contributed by atoms with E-state index in [0.29, 0.717) is 16.9 Å². The molecule has 7 heteroatoms. The Kier molecular flexibility index (Phi) is 5.69. The van der Waals surface area contributed by atoms with Gasteiger partial charge in [-0.1, -0.05) is 6.07 Å². The van der Waals surface area contributed by atoms with E-state index in [1.54, 1.807) is 30.3 Å². The number of rotatable bonds is 6. The molecule has 0 aromatic heterocycles. The number of hydrogen-bond donors (Lipinski definition) is 2. The first-order chi connectivity index (χ1) is 11.6. The minimum absolute atomic E-state index is 0.0740. The van der Waals surface area contributed by atoms with Crippen LogP contribution in [0.3, 0.4) is 0 Å². The third kappa shape index (κ3) is 5.79. The molecule has 2 N–H and O–H groups in total. The number of amides is 1. The van der Waals surface area contributed by atoms with Crippen LogP contribution in [-0.4, -0.2) is 26.7 Å². The van der Waals surface area contributed by atoms with E-state index in [1.807, 2.05) is 26.8 Å². The van der Waals surface area contributed by atoms with Crippen LogP contribution in [0.25, 0.3) is 0 Å². The number of hydrogen-bond acceptors (Lipinski definition) is 4. The van der Waals surface area contributed by atoms with Crippen LogP contribution >= 0.6 is 0 Å². The van der Waals surface area contributed by atoms with E-state index in [0.717, 1.165) is 17.6 Å². The van der Waals surface area contributed by atoms with Gasteiger partial charge in [0.15, 0.2) is 0 Å². The molecule has 6 nitrogen and oxygen atoms in total. The van der Waals surface area contributed by atoms with Gasteiger partial charge in [-0.3, -0.25) is 9.52 Å². The first-order valence-electron chi connectivity index (χ1n) is 7.80. The fraction of sp³-hybridized carbons (Fsp3) is 0.278. The van der Waals surface area contributed by atoms with E-state index in [2.05, 4.69) is 10.0 Å². The third-order valence-corrected chi connectivity index (χ3v) is 3.85. The largest absolute Gasteiger partial charge is 0.491 e. The molecule has 2 aromatic rings. The van der Waals surface area contributed by atoms with Crippen molar-refractivity contribution >= 4 is 27.3 Å². The van der Waals surface area contributed by atoms with Gasteiger partial charge in [0.2, 0.25) is 10.0 Å². The lowest BCUT2D eigenvalue weighted by molar-refractivity contribution is 0.102. The first-order valence-corrected chi connectivity index (χ1v) is 9.70. The molecule has 0 aliphatic heterocycles. The molecule has 2 rings (SSSR count). The highest BCUT2D eigenvalue weighted by atomic mass is 32.2. The van der Waals surface area contributed by atoms with Crippen molar-refractivity contribution in [1.82, 2.24) is 0 Å². The van der Waals surface area contributed by atoms with Crippen LogP contribution < -0.4 is 14.8 Å². The molecule has 1 amide bonds. The van der Waals surface area contributed by atoms with Crippen LogP contribution in [0, 0.1) is 6.92 Å². The fourth-order valence-electron chi connectivity index (χ4n) is 2.25. The number of ether oxygens (including phenoxy) is 1. The minimum Gasteiger partial charge on any atom is -0.491 e. The van der Waals surface area contributed by atoms with Crippen molar-refractivity contribution in [2.24, 2.45) is 0 Å². The van der Waals surface area contributed by atoms with E-state index in [9.17, 15) is 13.2 Å². The monoisotopic (exact) mass is 362 g/mol. The highest BCUT2D eigenvalue weighted by Gasteiger charge is 2.11. The summed E-state index contributed by atoms with van der Waals surface area (Å²) in [4.78, 5) is 12.4. The molecule has 0 spiro atoms. The molecule has 0 saturated heterocycles. The molecule has 25 heavy (non-hydrogen) atoms. The summed E-state index contributed by atoms with van der Waals surface area (Å²) >= 11 is 0. The summed E-state index contributed by atoms with van der Waals surface area (Å²) in [6.07, 6.45) is 1.13. The number of carbonyl (C=O) groups is 1. The van der Waals surface area contributed by atoms with Gasteiger partial charge in [0, 0.05) is 16.9 Å². The van der Waals surface area contributed by atoms with Crippen molar-refractivity contribution < 1.29 is 17.9 Å². The Labute approximate surface area is 148 Å². The summed E-state index contributed by atoms with van der Waals surface area (Å²) < 4.78 is 30.6. The standard InChI is InChI=1S/C18H22N2O4S/c1-12(2)24-16-8-9-17(13(3)10-16)19-18(21)14-6-5-7-15(11-14)20-25(4,22)23/h5-12,20H,1-4H3,(H,19,21). The number of sulfonamides is 1. The summed E-state index contributed by atoms with van der Waals surface area (Å²) in [5.74, 6) is 0.419. The number of aryl methyl sites for hydroxylation is 1. The highest BCUT2D eigenvalue weighted by Crippen LogP contribution is 2.23. The van der Waals surface area contributed by atoms with Gasteiger partial charge in [-0.2, -0.15) is 0 Å². The Balaban J connectivity index is 2.16. The molecule has 0 unspecified atom stereocenters. The van der Waals surface area contributed by atoms with Gasteiger partial charge in [0.25, 0.3) is 5.91 Å². The van der Waals surface area contributed by atoms with Crippen molar-refractivity contribution in [2.45, 2.75) is 26.9 Å². The van der Waals surface area contributed by atoms with Crippen molar-refractivity contribution in [2.75, 3.05) is 16.3 Å². The second kappa shape index (κ2) is 7.57. The van der Waals surface area contributed by atoms with E-state index in [4.69, 9.17) is 4.74 Å². The SMILES string of the molecule is Cc1cc(OC(C)C)ccc1NC(=O)c1cccc(NS(C)(=O)=O)c1. The Morgan fingerprint density at radius 2 is 1.84 bits per heavy atom. The zero-order valence-corrected chi connectivity index (χ0v) is 15.5. The smallest absolute Gasteiger partial charge is 0.255 e. The molecule has 134 valence electrons. The summed E-state index contributed by atoms with van der Waals surface area (Å²) in [5.41, 5.74) is 2.24. The minimum atomic E-state index is -3.40. The van der Waals surface area contributed by atoms with E-state index in [1.165, 1.54) is 6.07 Å². The highest BCUT2D eigenvalue weighted by molar-refractivity contribution is 7.92. The Bertz CT molecular complexity index is 876. The van der Waals surface area contributed by atoms with Crippen LogP contribution in [-0.2, 0) is 10.0 Å². The Hall–Kier alpha value is -2.54. The van der Waals surface area contributed by atoms with E-state index in [-0.39, 0.29) is 12.0 Å². The predicted molar refractivity (Wildman–Crippen MR) is 99.8 cm³/mol. The lowest BCUT2D eigenvalue weighted by Crippen LogP contribution is -2.14. The van der Waals surface area contributed by atoms with Crippen molar-refractivity contribution in [3.63, 3.8) is 0 Å². The topological polar surface area (TPSA) is 84.5 Å². The van der Waals surface area contributed by atoms with Gasteiger partial charge in [0.1, 0.15) is 5.75 Å². The zero-order valence-electron chi connectivity index (χ0n) is 14.7. The van der Waals surface area contributed by atoms with Crippen LogP contribution in [0.4, 0.5) is 11.4 Å². The second-order valence-corrected chi connectivity index (χ2v) is 7.80. The van der Waals surface area contributed by atoms with Crippen LogP contribution in [0.15, 0.2) is 42.5 Å². The number of nitrogens with one attached hydrogen (secondary N) is 2. The Morgan fingerprint density at radius 1 is 1.12 bits per heavy atom. The predicted octanol–water partition coefficient (Wildman–Crippen LogP) is 3.41. The maximum atomic E-state index is 12.4. The van der Waals surface area contributed by atoms with Crippen molar-refractivity contribution in [3.8, 4) is 5.75 Å². The molecule has 0 atom stereocenters. The van der Waals surface area contributed by atoms with Crippen LogP contribution in [0.2, 0.25) is 0 Å². The lowest BCUT2D eigenvalue weighted by Gasteiger charge is -2.13. The van der Waals surface area contributed by atoms with Gasteiger partial charge in [-0.25, -0.2) is 8.42 Å². The van der Waals surface area contributed by atoms with E-state index >= 15 is 0 Å². The molecule has 0 saturated carbocycles. The van der Waals surface area contributed by atoms with E-state index < -0.39 is 10.0 Å². The maximum absolute atomic E-state index is 12.4. The Morgan fingerprint density at radius 3 is 2.44 bits per heavy atom. The quantitative estimate of drug-likeness (QED) is 0.825. The van der Waals surface area contributed by atoms with Gasteiger partial charge < -0.3 is 10.1 Å². The van der Waals surface area contributed by atoms with Gasteiger partial charge >= 0.3 is 0 Å². The second-order valence-electron chi connectivity index (χ2n) is 6.05. The first kappa shape index (κ1) is 18.8. The molecule has 0 heterocycles. The lowest BCUT2D eigenvalue weighted by atomic mass is 10.1. The molecular weight excluding hydrogens is 340 g/mol. The molecular formula is C18H22N2O4S. The van der Waals surface area contributed by atoms with Crippen LogP contribution in [0.1, 0.15) is 29.8 Å². The molecule has 0 radical (unpaired) electrons. The normalized spacial score (nSPS) is 11.2. The molecule has 0 fully saturated rings. The van der Waals surface area contributed by atoms with Gasteiger partial charge in [0.05, 0.1) is 12.4 Å². The summed E-state index contributed by atoms with van der Waals surface area (Å²) in [6.45, 7) is 5.77. The molecule has 0 bridgehead atoms. The summed E-state index contributed by atoms with van der Waals surface area (Å²) in [7, 11) is -3.40. The van der Waals surface area contributed by atoms with Gasteiger partial charge in [-0.15, -0.1) is 0 Å². The summed E-state index contributed by atoms with van der Waals surface area (Å²) in [5, 5.41) is 2.83. The average Bonchev–Trinajstić information content (AvgIpc) is 2.48. The van der Waals surface area contributed by atoms with Crippen LogP contribution in [0.5, 0.6) is 5.75 Å². The number of carbonyl (C=O) groups excluding carboxylic acids is 1. The molecule has 0 aliphatic carbocycles. The van der Waals surface area contributed by atoms with Crippen molar-refractivity contribution in [1.29, 1.82) is 0 Å². The number of benzene rings is 2. The summed E-state index contributed by atoms with van der Waals surface area (Å²) in [6, 6.07) is 11.7. The third-order valence-electron chi connectivity index (χ3n) is 3.25.